The van der Waals surface area contributed by atoms with Crippen LogP contribution in [0, 0.1) is 12.7 Å². The van der Waals surface area contributed by atoms with Crippen molar-refractivity contribution in [2.24, 2.45) is 5.73 Å². The summed E-state index contributed by atoms with van der Waals surface area (Å²) in [6, 6.07) is 12.5. The maximum atomic E-state index is 13.5. The van der Waals surface area contributed by atoms with Crippen molar-refractivity contribution < 1.29 is 4.39 Å². The lowest BCUT2D eigenvalue weighted by Gasteiger charge is -2.30. The summed E-state index contributed by atoms with van der Waals surface area (Å²) < 4.78 is 13.5. The third-order valence-corrected chi connectivity index (χ3v) is 3.59. The monoisotopic (exact) mass is 292 g/mol. The normalized spacial score (nSPS) is 12.2. The van der Waals surface area contributed by atoms with E-state index in [1.807, 2.05) is 37.1 Å². The quantitative estimate of drug-likeness (QED) is 0.925. The third kappa shape index (κ3) is 3.30. The van der Waals surface area contributed by atoms with Gasteiger partial charge in [0.1, 0.15) is 5.82 Å². The van der Waals surface area contributed by atoms with Gasteiger partial charge in [-0.15, -0.1) is 0 Å². The van der Waals surface area contributed by atoms with Gasteiger partial charge in [0.25, 0.3) is 0 Å². The molecule has 1 atom stereocenters. The lowest BCUT2D eigenvalue weighted by molar-refractivity contribution is 0.615. The van der Waals surface area contributed by atoms with Crippen LogP contribution in [0.25, 0.3) is 0 Å². The van der Waals surface area contributed by atoms with Gasteiger partial charge in [0.05, 0.1) is 6.04 Å². The first-order valence-electron chi connectivity index (χ1n) is 6.47. The smallest absolute Gasteiger partial charge is 0.125 e. The largest absolute Gasteiger partial charge is 0.366 e. The Labute approximate surface area is 124 Å². The Bertz CT molecular complexity index is 581. The average molecular weight is 293 g/mol. The Hall–Kier alpha value is -1.58. The van der Waals surface area contributed by atoms with E-state index in [-0.39, 0.29) is 11.9 Å². The van der Waals surface area contributed by atoms with Crippen molar-refractivity contribution in [3.05, 3.63) is 64.4 Å². The summed E-state index contributed by atoms with van der Waals surface area (Å²) in [6.45, 7) is 2.41. The van der Waals surface area contributed by atoms with Gasteiger partial charge in [-0.1, -0.05) is 23.7 Å². The molecule has 2 aromatic rings. The van der Waals surface area contributed by atoms with Crippen molar-refractivity contribution in [1.29, 1.82) is 0 Å². The van der Waals surface area contributed by atoms with Crippen molar-refractivity contribution >= 4 is 17.3 Å². The fourth-order valence-corrected chi connectivity index (χ4v) is 2.54. The summed E-state index contributed by atoms with van der Waals surface area (Å²) >= 11 is 5.93. The predicted molar refractivity (Wildman–Crippen MR) is 82.8 cm³/mol. The van der Waals surface area contributed by atoms with E-state index in [9.17, 15) is 4.39 Å². The molecule has 0 aliphatic carbocycles. The number of rotatable bonds is 4. The molecule has 0 bridgehead atoms. The number of benzene rings is 2. The van der Waals surface area contributed by atoms with E-state index in [1.165, 1.54) is 17.7 Å². The fourth-order valence-electron chi connectivity index (χ4n) is 2.31. The summed E-state index contributed by atoms with van der Waals surface area (Å²) in [5, 5.41) is 0.385. The molecule has 0 saturated heterocycles. The summed E-state index contributed by atoms with van der Waals surface area (Å²) in [5.74, 6) is -0.344. The van der Waals surface area contributed by atoms with Crippen LogP contribution in [-0.4, -0.2) is 13.6 Å². The molecule has 0 aliphatic rings. The Balaban J connectivity index is 2.36. The van der Waals surface area contributed by atoms with Crippen LogP contribution in [0.3, 0.4) is 0 Å². The molecule has 0 aromatic heterocycles. The van der Waals surface area contributed by atoms with Crippen molar-refractivity contribution in [2.75, 3.05) is 18.5 Å². The lowest BCUT2D eigenvalue weighted by atomic mass is 10.0. The zero-order valence-corrected chi connectivity index (χ0v) is 12.4. The van der Waals surface area contributed by atoms with E-state index in [2.05, 4.69) is 6.07 Å². The Morgan fingerprint density at radius 3 is 2.60 bits per heavy atom. The number of hydrogen-bond acceptors (Lipinski definition) is 2. The van der Waals surface area contributed by atoms with E-state index in [4.69, 9.17) is 17.3 Å². The minimum Gasteiger partial charge on any atom is -0.366 e. The van der Waals surface area contributed by atoms with Gasteiger partial charge in [-0.05, 0) is 48.4 Å². The second-order valence-corrected chi connectivity index (χ2v) is 5.34. The SMILES string of the molecule is Cc1cccc(N(C)C(CN)c2cc(F)cc(Cl)c2)c1. The number of likely N-dealkylation sites (N-methyl/N-ethyl adjacent to an activating group) is 1. The molecule has 106 valence electrons. The zero-order valence-electron chi connectivity index (χ0n) is 11.6. The van der Waals surface area contributed by atoms with Crippen LogP contribution < -0.4 is 10.6 Å². The van der Waals surface area contributed by atoms with Crippen LogP contribution in [0.4, 0.5) is 10.1 Å². The molecule has 0 aliphatic heterocycles. The van der Waals surface area contributed by atoms with Crippen molar-refractivity contribution in [3.63, 3.8) is 0 Å². The lowest BCUT2D eigenvalue weighted by Crippen LogP contribution is -2.30. The van der Waals surface area contributed by atoms with Crippen LogP contribution in [-0.2, 0) is 0 Å². The fraction of sp³-hybridized carbons (Fsp3) is 0.250. The van der Waals surface area contributed by atoms with E-state index in [0.29, 0.717) is 11.6 Å². The maximum Gasteiger partial charge on any atom is 0.125 e. The van der Waals surface area contributed by atoms with Crippen molar-refractivity contribution in [2.45, 2.75) is 13.0 Å². The highest BCUT2D eigenvalue weighted by Gasteiger charge is 2.17. The molecule has 0 spiro atoms. The van der Waals surface area contributed by atoms with Gasteiger partial charge in [0.15, 0.2) is 0 Å². The summed E-state index contributed by atoms with van der Waals surface area (Å²) in [4.78, 5) is 2.04. The molecular weight excluding hydrogens is 275 g/mol. The molecule has 2 nitrogen and oxygen atoms in total. The molecule has 0 saturated carbocycles. The summed E-state index contributed by atoms with van der Waals surface area (Å²) in [7, 11) is 1.95. The van der Waals surface area contributed by atoms with E-state index in [1.54, 1.807) is 6.07 Å². The molecule has 2 N–H and O–H groups in total. The Kier molecular flexibility index (Phi) is 4.63. The third-order valence-electron chi connectivity index (χ3n) is 3.37. The number of hydrogen-bond donors (Lipinski definition) is 1. The Morgan fingerprint density at radius 1 is 1.25 bits per heavy atom. The van der Waals surface area contributed by atoms with Crippen LogP contribution in [0.1, 0.15) is 17.2 Å². The molecule has 20 heavy (non-hydrogen) atoms. The van der Waals surface area contributed by atoms with Gasteiger partial charge in [0.2, 0.25) is 0 Å². The highest BCUT2D eigenvalue weighted by molar-refractivity contribution is 6.30. The van der Waals surface area contributed by atoms with Gasteiger partial charge in [0, 0.05) is 24.3 Å². The topological polar surface area (TPSA) is 29.3 Å². The highest BCUT2D eigenvalue weighted by atomic mass is 35.5. The number of anilines is 1. The maximum absolute atomic E-state index is 13.5. The molecule has 0 fully saturated rings. The van der Waals surface area contributed by atoms with E-state index < -0.39 is 0 Å². The van der Waals surface area contributed by atoms with Gasteiger partial charge >= 0.3 is 0 Å². The second-order valence-electron chi connectivity index (χ2n) is 4.90. The molecule has 4 heteroatoms. The van der Waals surface area contributed by atoms with Gasteiger partial charge in [-0.3, -0.25) is 0 Å². The first kappa shape index (κ1) is 14.8. The number of aryl methyl sites for hydroxylation is 1. The second kappa shape index (κ2) is 6.25. The Morgan fingerprint density at radius 2 is 2.00 bits per heavy atom. The molecule has 0 amide bonds. The molecule has 2 aromatic carbocycles. The standard InChI is InChI=1S/C16H18ClFN2/c1-11-4-3-5-15(6-11)20(2)16(10-19)12-7-13(17)9-14(18)8-12/h3-9,16H,10,19H2,1-2H3. The van der Waals surface area contributed by atoms with Gasteiger partial charge < -0.3 is 10.6 Å². The van der Waals surface area contributed by atoms with Crippen molar-refractivity contribution in [1.82, 2.24) is 0 Å². The minimum absolute atomic E-state index is 0.120. The average Bonchev–Trinajstić information content (AvgIpc) is 2.38. The first-order valence-corrected chi connectivity index (χ1v) is 6.84. The van der Waals surface area contributed by atoms with Crippen LogP contribution in [0.5, 0.6) is 0 Å². The van der Waals surface area contributed by atoms with E-state index in [0.717, 1.165) is 11.3 Å². The number of nitrogens with zero attached hydrogens (tertiary/aromatic N) is 1. The van der Waals surface area contributed by atoms with Crippen LogP contribution in [0.15, 0.2) is 42.5 Å². The minimum atomic E-state index is -0.344. The molecule has 2 rings (SSSR count). The van der Waals surface area contributed by atoms with Crippen molar-refractivity contribution in [3.8, 4) is 0 Å². The van der Waals surface area contributed by atoms with Gasteiger partial charge in [-0.25, -0.2) is 4.39 Å². The first-order chi connectivity index (χ1) is 9.51. The predicted octanol–water partition coefficient (Wildman–Crippen LogP) is 3.92. The van der Waals surface area contributed by atoms with Crippen LogP contribution >= 0.6 is 11.6 Å². The summed E-state index contributed by atoms with van der Waals surface area (Å²) in [6.07, 6.45) is 0. The molecular formula is C16H18ClFN2. The van der Waals surface area contributed by atoms with Crippen LogP contribution in [0.2, 0.25) is 5.02 Å². The number of halogens is 2. The molecule has 1 unspecified atom stereocenters. The molecule has 0 heterocycles. The number of nitrogens with two attached hydrogens (primary N) is 1. The van der Waals surface area contributed by atoms with E-state index >= 15 is 0 Å². The van der Waals surface area contributed by atoms with Gasteiger partial charge in [-0.2, -0.15) is 0 Å². The zero-order chi connectivity index (χ0) is 14.7. The highest BCUT2D eigenvalue weighted by Crippen LogP contribution is 2.27. The summed E-state index contributed by atoms with van der Waals surface area (Å²) in [5.41, 5.74) is 8.86. The molecule has 0 radical (unpaired) electrons.